The molecule has 0 saturated heterocycles. The van der Waals surface area contributed by atoms with Gasteiger partial charge >= 0.3 is 0 Å². The van der Waals surface area contributed by atoms with E-state index in [1.165, 1.54) is 0 Å². The minimum absolute atomic E-state index is 0.116. The van der Waals surface area contributed by atoms with Gasteiger partial charge in [-0.1, -0.05) is 24.3 Å². The fourth-order valence-electron chi connectivity index (χ4n) is 1.94. The van der Waals surface area contributed by atoms with E-state index in [1.807, 2.05) is 30.3 Å². The lowest BCUT2D eigenvalue weighted by molar-refractivity contribution is 0.126. The van der Waals surface area contributed by atoms with Gasteiger partial charge in [0.1, 0.15) is 12.4 Å². The van der Waals surface area contributed by atoms with Gasteiger partial charge < -0.3 is 10.5 Å². The molecule has 0 atom stereocenters. The molecule has 0 radical (unpaired) electrons. The maximum atomic E-state index is 5.84. The van der Waals surface area contributed by atoms with Crippen LogP contribution >= 0.6 is 0 Å². The first-order valence-electron chi connectivity index (χ1n) is 6.75. The number of hydrogen-bond donors (Lipinski definition) is 1. The van der Waals surface area contributed by atoms with Crippen molar-refractivity contribution in [3.8, 4) is 5.75 Å². The normalized spacial score (nSPS) is 11.6. The van der Waals surface area contributed by atoms with Gasteiger partial charge in [0, 0.05) is 30.7 Å². The first kappa shape index (κ1) is 15.7. The molecule has 0 heterocycles. The third-order valence-corrected chi connectivity index (χ3v) is 3.11. The molecule has 2 N–H and O–H groups in total. The van der Waals surface area contributed by atoms with Crippen molar-refractivity contribution in [3.05, 3.63) is 42.5 Å². The van der Waals surface area contributed by atoms with E-state index < -0.39 is 0 Å². The third-order valence-electron chi connectivity index (χ3n) is 3.11. The highest BCUT2D eigenvalue weighted by Gasteiger charge is 2.19. The Hall–Kier alpha value is -1.32. The molecule has 0 fully saturated rings. The second-order valence-corrected chi connectivity index (χ2v) is 5.57. The van der Waals surface area contributed by atoms with Crippen molar-refractivity contribution in [3.63, 3.8) is 0 Å². The van der Waals surface area contributed by atoms with Crippen LogP contribution in [0.1, 0.15) is 26.3 Å². The fraction of sp³-hybridized carbons (Fsp3) is 0.500. The minimum atomic E-state index is 0.116. The molecular formula is C16H26N2O. The molecule has 0 bridgehead atoms. The monoisotopic (exact) mass is 262 g/mol. The first-order valence-corrected chi connectivity index (χ1v) is 6.75. The van der Waals surface area contributed by atoms with Gasteiger partial charge in [0.2, 0.25) is 0 Å². The highest BCUT2D eigenvalue weighted by molar-refractivity contribution is 5.32. The SMILES string of the molecule is C=CCN(CCOc1ccccc1CN)C(C)(C)C. The number of nitrogens with two attached hydrogens (primary N) is 1. The van der Waals surface area contributed by atoms with E-state index in [4.69, 9.17) is 10.5 Å². The zero-order valence-corrected chi connectivity index (χ0v) is 12.4. The first-order chi connectivity index (χ1) is 8.99. The van der Waals surface area contributed by atoms with Crippen molar-refractivity contribution >= 4 is 0 Å². The van der Waals surface area contributed by atoms with E-state index >= 15 is 0 Å². The van der Waals surface area contributed by atoms with Crippen molar-refractivity contribution in [2.75, 3.05) is 19.7 Å². The molecule has 0 spiro atoms. The molecule has 0 saturated carbocycles. The molecule has 1 aromatic rings. The molecule has 0 aliphatic heterocycles. The second-order valence-electron chi connectivity index (χ2n) is 5.57. The number of para-hydroxylation sites is 1. The van der Waals surface area contributed by atoms with Gasteiger partial charge in [-0.25, -0.2) is 0 Å². The fourth-order valence-corrected chi connectivity index (χ4v) is 1.94. The van der Waals surface area contributed by atoms with Crippen LogP contribution in [0, 0.1) is 0 Å². The summed E-state index contributed by atoms with van der Waals surface area (Å²) in [6, 6.07) is 7.92. The van der Waals surface area contributed by atoms with Crippen LogP contribution in [0.25, 0.3) is 0 Å². The van der Waals surface area contributed by atoms with Gasteiger partial charge in [-0.15, -0.1) is 6.58 Å². The molecule has 0 amide bonds. The van der Waals surface area contributed by atoms with Crippen molar-refractivity contribution in [1.29, 1.82) is 0 Å². The van der Waals surface area contributed by atoms with Crippen molar-refractivity contribution in [1.82, 2.24) is 4.90 Å². The van der Waals surface area contributed by atoms with Gasteiger partial charge in [-0.3, -0.25) is 4.90 Å². The van der Waals surface area contributed by atoms with Crippen molar-refractivity contribution in [2.45, 2.75) is 32.9 Å². The lowest BCUT2D eigenvalue weighted by Gasteiger charge is -2.34. The van der Waals surface area contributed by atoms with Crippen molar-refractivity contribution in [2.24, 2.45) is 5.73 Å². The average Bonchev–Trinajstić information content (AvgIpc) is 2.37. The van der Waals surface area contributed by atoms with Crippen LogP contribution in [0.2, 0.25) is 0 Å². The molecule has 106 valence electrons. The molecule has 1 rings (SSSR count). The molecular weight excluding hydrogens is 236 g/mol. The smallest absolute Gasteiger partial charge is 0.123 e. The summed E-state index contributed by atoms with van der Waals surface area (Å²) in [5.41, 5.74) is 6.86. The highest BCUT2D eigenvalue weighted by atomic mass is 16.5. The summed E-state index contributed by atoms with van der Waals surface area (Å²) in [5, 5.41) is 0. The lowest BCUT2D eigenvalue weighted by atomic mass is 10.1. The summed E-state index contributed by atoms with van der Waals surface area (Å²) < 4.78 is 5.84. The van der Waals surface area contributed by atoms with Gasteiger partial charge in [-0.2, -0.15) is 0 Å². The van der Waals surface area contributed by atoms with Crippen LogP contribution < -0.4 is 10.5 Å². The summed E-state index contributed by atoms with van der Waals surface area (Å²) in [6.45, 7) is 13.3. The van der Waals surface area contributed by atoms with Crippen LogP contribution in [0.3, 0.4) is 0 Å². The van der Waals surface area contributed by atoms with Gasteiger partial charge in [-0.05, 0) is 26.8 Å². The Labute approximate surface area is 117 Å². The summed E-state index contributed by atoms with van der Waals surface area (Å²) in [6.07, 6.45) is 1.93. The summed E-state index contributed by atoms with van der Waals surface area (Å²) in [7, 11) is 0. The third kappa shape index (κ3) is 5.05. The Kier molecular flexibility index (Phi) is 6.06. The number of benzene rings is 1. The molecule has 1 aromatic carbocycles. The second kappa shape index (κ2) is 7.31. The minimum Gasteiger partial charge on any atom is -0.492 e. The van der Waals surface area contributed by atoms with Gasteiger partial charge in [0.25, 0.3) is 0 Å². The average molecular weight is 262 g/mol. The van der Waals surface area contributed by atoms with E-state index in [2.05, 4.69) is 32.3 Å². The van der Waals surface area contributed by atoms with Crippen LogP contribution in [0.5, 0.6) is 5.75 Å². The van der Waals surface area contributed by atoms with Crippen LogP contribution in [0.4, 0.5) is 0 Å². The van der Waals surface area contributed by atoms with E-state index in [0.29, 0.717) is 13.2 Å². The largest absolute Gasteiger partial charge is 0.492 e. The molecule has 0 aliphatic rings. The Morgan fingerprint density at radius 2 is 2.00 bits per heavy atom. The van der Waals surface area contributed by atoms with Crippen LogP contribution in [-0.2, 0) is 6.54 Å². The summed E-state index contributed by atoms with van der Waals surface area (Å²) >= 11 is 0. The molecule has 3 nitrogen and oxygen atoms in total. The topological polar surface area (TPSA) is 38.5 Å². The number of rotatable bonds is 7. The van der Waals surface area contributed by atoms with E-state index in [0.717, 1.165) is 24.4 Å². The predicted octanol–water partition coefficient (Wildman–Crippen LogP) is 2.81. The number of ether oxygens (including phenoxy) is 1. The van der Waals surface area contributed by atoms with Gasteiger partial charge in [0.05, 0.1) is 0 Å². The zero-order valence-electron chi connectivity index (χ0n) is 12.4. The molecule has 0 aliphatic carbocycles. The zero-order chi connectivity index (χ0) is 14.3. The van der Waals surface area contributed by atoms with Crippen LogP contribution in [0.15, 0.2) is 36.9 Å². The maximum Gasteiger partial charge on any atom is 0.123 e. The Morgan fingerprint density at radius 1 is 1.32 bits per heavy atom. The number of nitrogens with zero attached hydrogens (tertiary/aromatic N) is 1. The molecule has 19 heavy (non-hydrogen) atoms. The lowest BCUT2D eigenvalue weighted by Crippen LogP contribution is -2.43. The summed E-state index contributed by atoms with van der Waals surface area (Å²) in [4.78, 5) is 2.34. The Morgan fingerprint density at radius 3 is 2.58 bits per heavy atom. The number of hydrogen-bond acceptors (Lipinski definition) is 3. The van der Waals surface area contributed by atoms with E-state index in [1.54, 1.807) is 0 Å². The quantitative estimate of drug-likeness (QED) is 0.768. The molecule has 0 unspecified atom stereocenters. The molecule has 0 aromatic heterocycles. The van der Waals surface area contributed by atoms with E-state index in [9.17, 15) is 0 Å². The van der Waals surface area contributed by atoms with E-state index in [-0.39, 0.29) is 5.54 Å². The molecule has 3 heteroatoms. The predicted molar refractivity (Wildman–Crippen MR) is 81.4 cm³/mol. The maximum absolute atomic E-state index is 5.84. The Bertz CT molecular complexity index is 396. The highest BCUT2D eigenvalue weighted by Crippen LogP contribution is 2.18. The standard InChI is InChI=1S/C16H26N2O/c1-5-10-18(16(2,3)4)11-12-19-15-9-7-6-8-14(15)13-17/h5-9H,1,10-13,17H2,2-4H3. The van der Waals surface area contributed by atoms with Crippen LogP contribution in [-0.4, -0.2) is 30.1 Å². The van der Waals surface area contributed by atoms with Crippen molar-refractivity contribution < 1.29 is 4.74 Å². The summed E-state index contributed by atoms with van der Waals surface area (Å²) in [5.74, 6) is 0.887. The van der Waals surface area contributed by atoms with Gasteiger partial charge in [0.15, 0.2) is 0 Å². The Balaban J connectivity index is 2.54.